The third kappa shape index (κ3) is 2.62. The van der Waals surface area contributed by atoms with Crippen LogP contribution in [0.5, 0.6) is 23.0 Å². The van der Waals surface area contributed by atoms with Crippen LogP contribution in [-0.4, -0.2) is 16.3 Å². The molecule has 2 aromatic heterocycles. The van der Waals surface area contributed by atoms with E-state index in [-0.39, 0.29) is 6.71 Å². The smallest absolute Gasteiger partial charge is 0.305 e. The molecule has 0 saturated carbocycles. The number of benzene rings is 4. The van der Waals surface area contributed by atoms with Gasteiger partial charge in [-0.25, -0.2) is 4.98 Å². The summed E-state index contributed by atoms with van der Waals surface area (Å²) >= 11 is 0. The third-order valence-corrected chi connectivity index (χ3v) is 6.83. The Morgan fingerprint density at radius 2 is 1.51 bits per heavy atom. The standard InChI is InChI=1S/C29H17BN2O3/c1-2-8-18(9-3-1)29-31-14-15-32(29)19-16-24-26-25(17-19)34-27-20-10-4-6-12-22(20)35-28(27)30(26)21-11-5-7-13-23(21)33-24/h1-17H. The van der Waals surface area contributed by atoms with Crippen LogP contribution in [0.3, 0.4) is 0 Å². The van der Waals surface area contributed by atoms with Gasteiger partial charge in [-0.15, -0.1) is 0 Å². The summed E-state index contributed by atoms with van der Waals surface area (Å²) in [5.74, 6) is 3.99. The molecule has 164 valence electrons. The van der Waals surface area contributed by atoms with Crippen molar-refractivity contribution in [1.29, 1.82) is 0 Å². The van der Waals surface area contributed by atoms with Crippen molar-refractivity contribution in [2.75, 3.05) is 0 Å². The van der Waals surface area contributed by atoms with Crippen LogP contribution >= 0.6 is 0 Å². The maximum Gasteiger partial charge on any atom is 0.305 e. The Balaban J connectivity index is 1.38. The van der Waals surface area contributed by atoms with Gasteiger partial charge < -0.3 is 13.9 Å². The Labute approximate surface area is 201 Å². The van der Waals surface area contributed by atoms with E-state index in [2.05, 4.69) is 39.9 Å². The van der Waals surface area contributed by atoms with Gasteiger partial charge in [0.1, 0.15) is 34.3 Å². The first-order valence-corrected chi connectivity index (χ1v) is 11.6. The lowest BCUT2D eigenvalue weighted by Gasteiger charge is -2.31. The van der Waals surface area contributed by atoms with Gasteiger partial charge in [0.15, 0.2) is 5.75 Å². The largest absolute Gasteiger partial charge is 0.466 e. The molecule has 0 bridgehead atoms. The van der Waals surface area contributed by atoms with Crippen LogP contribution in [0, 0.1) is 0 Å². The monoisotopic (exact) mass is 452 g/mol. The molecule has 4 heterocycles. The second kappa shape index (κ2) is 6.90. The molecule has 2 aliphatic rings. The molecule has 5 nitrogen and oxygen atoms in total. The first kappa shape index (κ1) is 18.7. The van der Waals surface area contributed by atoms with Crippen molar-refractivity contribution >= 4 is 34.3 Å². The summed E-state index contributed by atoms with van der Waals surface area (Å²) in [6.07, 6.45) is 3.78. The molecule has 6 heteroatoms. The van der Waals surface area contributed by atoms with Crippen molar-refractivity contribution < 1.29 is 13.9 Å². The second-order valence-corrected chi connectivity index (χ2v) is 8.81. The predicted octanol–water partition coefficient (Wildman–Crippen LogP) is 5.01. The summed E-state index contributed by atoms with van der Waals surface area (Å²) in [6.45, 7) is -0.105. The minimum Gasteiger partial charge on any atom is -0.466 e. The molecule has 0 fully saturated rings. The van der Waals surface area contributed by atoms with E-state index in [0.717, 1.165) is 67.6 Å². The summed E-state index contributed by atoms with van der Waals surface area (Å²) in [6, 6.07) is 30.5. The lowest BCUT2D eigenvalue weighted by atomic mass is 9.37. The molecule has 4 aromatic carbocycles. The molecule has 0 N–H and O–H groups in total. The Kier molecular flexibility index (Phi) is 3.69. The Morgan fingerprint density at radius 3 is 2.43 bits per heavy atom. The number of furan rings is 1. The number of nitrogens with zero attached hydrogens (tertiary/aromatic N) is 2. The number of ether oxygens (including phenoxy) is 2. The fourth-order valence-electron chi connectivity index (χ4n) is 5.30. The number of para-hydroxylation sites is 2. The van der Waals surface area contributed by atoms with E-state index >= 15 is 0 Å². The van der Waals surface area contributed by atoms with Crippen LogP contribution in [0.25, 0.3) is 28.0 Å². The second-order valence-electron chi connectivity index (χ2n) is 8.81. The quantitative estimate of drug-likeness (QED) is 0.346. The highest BCUT2D eigenvalue weighted by atomic mass is 16.5. The van der Waals surface area contributed by atoms with E-state index in [1.54, 1.807) is 0 Å². The molecule has 0 aliphatic carbocycles. The Hall–Kier alpha value is -4.71. The molecule has 0 spiro atoms. The topological polar surface area (TPSA) is 49.4 Å². The van der Waals surface area contributed by atoms with E-state index in [1.807, 2.05) is 73.1 Å². The average Bonchev–Trinajstić information content (AvgIpc) is 3.54. The van der Waals surface area contributed by atoms with Crippen LogP contribution in [0.4, 0.5) is 0 Å². The van der Waals surface area contributed by atoms with Gasteiger partial charge in [-0.1, -0.05) is 60.7 Å². The SMILES string of the molecule is c1ccc(-c2nccn2-c2cc3c4c(c2)Oc2c(oc5ccccc25)B4c2ccccc2O3)cc1. The van der Waals surface area contributed by atoms with Gasteiger partial charge in [0, 0.05) is 35.6 Å². The lowest BCUT2D eigenvalue weighted by Crippen LogP contribution is -2.56. The number of hydrogen-bond donors (Lipinski definition) is 0. The molecule has 0 radical (unpaired) electrons. The summed E-state index contributed by atoms with van der Waals surface area (Å²) in [4.78, 5) is 4.63. The van der Waals surface area contributed by atoms with E-state index in [1.165, 1.54) is 0 Å². The minimum absolute atomic E-state index is 0.105. The Morgan fingerprint density at radius 1 is 0.743 bits per heavy atom. The van der Waals surface area contributed by atoms with Crippen molar-refractivity contribution in [1.82, 2.24) is 9.55 Å². The number of fused-ring (bicyclic) bond motifs is 6. The number of aromatic nitrogens is 2. The van der Waals surface area contributed by atoms with Crippen molar-refractivity contribution in [3.63, 3.8) is 0 Å². The van der Waals surface area contributed by atoms with Crippen LogP contribution < -0.4 is 26.1 Å². The van der Waals surface area contributed by atoms with Crippen LogP contribution in [0.2, 0.25) is 0 Å². The normalized spacial score (nSPS) is 13.0. The van der Waals surface area contributed by atoms with E-state index < -0.39 is 0 Å². The first-order valence-electron chi connectivity index (χ1n) is 11.6. The lowest BCUT2D eigenvalue weighted by molar-refractivity contribution is 0.460. The van der Waals surface area contributed by atoms with E-state index in [0.29, 0.717) is 0 Å². The zero-order valence-electron chi connectivity index (χ0n) is 18.5. The van der Waals surface area contributed by atoms with Crippen LogP contribution in [0.1, 0.15) is 0 Å². The molecule has 2 aliphatic heterocycles. The predicted molar refractivity (Wildman–Crippen MR) is 136 cm³/mol. The van der Waals surface area contributed by atoms with Gasteiger partial charge in [-0.3, -0.25) is 4.57 Å². The van der Waals surface area contributed by atoms with Gasteiger partial charge in [-0.05, 0) is 23.7 Å². The minimum atomic E-state index is -0.105. The van der Waals surface area contributed by atoms with Crippen molar-refractivity contribution in [3.8, 4) is 40.1 Å². The highest BCUT2D eigenvalue weighted by Gasteiger charge is 2.44. The number of rotatable bonds is 2. The maximum absolute atomic E-state index is 6.57. The Bertz CT molecular complexity index is 1770. The average molecular weight is 452 g/mol. The summed E-state index contributed by atoms with van der Waals surface area (Å²) < 4.78 is 21.5. The molecular formula is C29H17BN2O3. The number of hydrogen-bond acceptors (Lipinski definition) is 4. The van der Waals surface area contributed by atoms with Crippen molar-refractivity contribution in [3.05, 3.63) is 103 Å². The van der Waals surface area contributed by atoms with Crippen LogP contribution in [-0.2, 0) is 0 Å². The zero-order chi connectivity index (χ0) is 22.9. The van der Waals surface area contributed by atoms with E-state index in [9.17, 15) is 0 Å². The number of imidazole rings is 1. The first-order chi connectivity index (χ1) is 17.3. The fourth-order valence-corrected chi connectivity index (χ4v) is 5.30. The third-order valence-electron chi connectivity index (χ3n) is 6.83. The van der Waals surface area contributed by atoms with Gasteiger partial charge in [0.05, 0.1) is 11.1 Å². The summed E-state index contributed by atoms with van der Waals surface area (Å²) in [5, 5.41) is 0.969. The molecule has 35 heavy (non-hydrogen) atoms. The van der Waals surface area contributed by atoms with Gasteiger partial charge in [0.2, 0.25) is 0 Å². The maximum atomic E-state index is 6.57. The summed E-state index contributed by atoms with van der Waals surface area (Å²) in [5.41, 5.74) is 5.65. The zero-order valence-corrected chi connectivity index (χ0v) is 18.5. The van der Waals surface area contributed by atoms with Gasteiger partial charge in [-0.2, -0.15) is 0 Å². The van der Waals surface area contributed by atoms with Crippen LogP contribution in [0.15, 0.2) is 108 Å². The van der Waals surface area contributed by atoms with Crippen molar-refractivity contribution in [2.45, 2.75) is 0 Å². The molecular weight excluding hydrogens is 435 g/mol. The fraction of sp³-hybridized carbons (Fsp3) is 0. The molecule has 0 saturated heterocycles. The highest BCUT2D eigenvalue weighted by molar-refractivity contribution is 6.97. The van der Waals surface area contributed by atoms with Crippen molar-refractivity contribution in [2.24, 2.45) is 0 Å². The van der Waals surface area contributed by atoms with E-state index in [4.69, 9.17) is 13.9 Å². The molecule has 0 unspecified atom stereocenters. The molecule has 0 atom stereocenters. The van der Waals surface area contributed by atoms with Gasteiger partial charge >= 0.3 is 6.71 Å². The molecule has 8 rings (SSSR count). The van der Waals surface area contributed by atoms with Gasteiger partial charge in [0.25, 0.3) is 0 Å². The highest BCUT2D eigenvalue weighted by Crippen LogP contribution is 2.40. The summed E-state index contributed by atoms with van der Waals surface area (Å²) in [7, 11) is 0. The molecule has 0 amide bonds. The molecule has 6 aromatic rings.